The van der Waals surface area contributed by atoms with E-state index in [0.29, 0.717) is 0 Å². The zero-order valence-electron chi connectivity index (χ0n) is 29.8. The van der Waals surface area contributed by atoms with Crippen molar-refractivity contribution in [3.8, 4) is 0 Å². The normalized spacial score (nSPS) is 10.9. The van der Waals surface area contributed by atoms with Gasteiger partial charge in [-0.1, -0.05) is 145 Å². The van der Waals surface area contributed by atoms with Gasteiger partial charge in [-0.3, -0.25) is 0 Å². The van der Waals surface area contributed by atoms with Crippen molar-refractivity contribution in [2.24, 2.45) is 0 Å². The van der Waals surface area contributed by atoms with Crippen LogP contribution in [0, 0.1) is 0 Å². The molecule has 0 aromatic carbocycles. The van der Waals surface area contributed by atoms with E-state index < -0.39 is 39.2 Å². The summed E-state index contributed by atoms with van der Waals surface area (Å²) in [6.45, 7) is 34.3. The van der Waals surface area contributed by atoms with Crippen LogP contribution in [0.25, 0.3) is 0 Å². The molecule has 0 saturated heterocycles. The molecule has 0 fully saturated rings. The predicted octanol–water partition coefficient (Wildman–Crippen LogP) is 0.620. The Bertz CT molecular complexity index is 266. The standard InChI is InChI=1S/7C4H9O.CH4O.2Hf/c7*1-4(2,3)5;1-2;;/h7*1-3H3;2H,1H3;;/q7*-1;;;+4. The summed E-state index contributed by atoms with van der Waals surface area (Å²) < 4.78 is 0. The number of aliphatic hydroxyl groups excluding tert-OH is 1. The van der Waals surface area contributed by atoms with Crippen LogP contribution in [0.15, 0.2) is 0 Å². The van der Waals surface area contributed by atoms with Crippen LogP contribution in [0.5, 0.6) is 0 Å². The quantitative estimate of drug-likeness (QED) is 0.344. The second kappa shape index (κ2) is 30.9. The summed E-state index contributed by atoms with van der Waals surface area (Å²) in [6.07, 6.45) is 0. The largest absolute Gasteiger partial charge is 4.00 e. The van der Waals surface area contributed by atoms with Gasteiger partial charge < -0.3 is 40.9 Å². The van der Waals surface area contributed by atoms with Gasteiger partial charge in [0.2, 0.25) is 0 Å². The van der Waals surface area contributed by atoms with E-state index >= 15 is 0 Å². The smallest absolute Gasteiger partial charge is 0.850 e. The van der Waals surface area contributed by atoms with E-state index in [1.54, 1.807) is 145 Å². The van der Waals surface area contributed by atoms with Crippen LogP contribution in [-0.4, -0.2) is 51.4 Å². The SMILES string of the molecule is CC(C)(C)[O-].CC(C)(C)[O-].CC(C)(C)[O-].CC(C)(C)[O-].CC(C)(C)[O-].CC(C)(C)[O-].CC(C)(C)[O-].CO.[Hf+4].[Hf]. The minimum absolute atomic E-state index is 0. The van der Waals surface area contributed by atoms with Crippen LogP contribution in [0.2, 0.25) is 0 Å². The molecule has 0 saturated carbocycles. The van der Waals surface area contributed by atoms with Crippen molar-refractivity contribution in [2.45, 2.75) is 185 Å². The molecule has 0 spiro atoms. The summed E-state index contributed by atoms with van der Waals surface area (Å²) in [6, 6.07) is 0. The summed E-state index contributed by atoms with van der Waals surface area (Å²) in [4.78, 5) is 0. The number of aliphatic hydroxyl groups is 1. The maximum Gasteiger partial charge on any atom is 4.00 e. The Balaban J connectivity index is -0.0000000308. The Morgan fingerprint density at radius 1 is 0.256 bits per heavy atom. The first kappa shape index (κ1) is 67.9. The van der Waals surface area contributed by atoms with Gasteiger partial charge in [0.25, 0.3) is 0 Å². The van der Waals surface area contributed by atoms with E-state index in [-0.39, 0.29) is 51.7 Å². The second-order valence-electron chi connectivity index (χ2n) is 14.8. The summed E-state index contributed by atoms with van der Waals surface area (Å²) in [5.41, 5.74) is -5.25. The molecule has 0 aliphatic carbocycles. The van der Waals surface area contributed by atoms with Crippen molar-refractivity contribution >= 4 is 0 Å². The van der Waals surface area contributed by atoms with Crippen LogP contribution in [0.4, 0.5) is 0 Å². The van der Waals surface area contributed by atoms with E-state index in [0.717, 1.165) is 7.11 Å². The van der Waals surface area contributed by atoms with Crippen LogP contribution >= 0.6 is 0 Å². The van der Waals surface area contributed by atoms with Gasteiger partial charge in [-0.25, -0.2) is 0 Å². The Labute approximate surface area is 282 Å². The fourth-order valence-electron chi connectivity index (χ4n) is 0. The fourth-order valence-corrected chi connectivity index (χ4v) is 0. The maximum atomic E-state index is 10.1. The first-order valence-electron chi connectivity index (χ1n) is 12.4. The first-order chi connectivity index (χ1) is 15.0. The molecular formula is C29H67Hf2O8-3. The van der Waals surface area contributed by atoms with Crippen molar-refractivity contribution in [3.05, 3.63) is 0 Å². The molecular weight excluding hydrogens is 833 g/mol. The Hall–Kier alpha value is 1.42. The van der Waals surface area contributed by atoms with Gasteiger partial charge in [-0.05, 0) is 0 Å². The maximum absolute atomic E-state index is 10.1. The fraction of sp³-hybridized carbons (Fsp3) is 1.00. The third kappa shape index (κ3) is 27400. The molecule has 0 radical (unpaired) electrons. The second-order valence-corrected chi connectivity index (χ2v) is 14.8. The third-order valence-electron chi connectivity index (χ3n) is 0. The van der Waals surface area contributed by atoms with Crippen LogP contribution in [-0.2, 0) is 51.7 Å². The van der Waals surface area contributed by atoms with Gasteiger partial charge in [0, 0.05) is 33.0 Å². The minimum atomic E-state index is -0.750. The Morgan fingerprint density at radius 2 is 0.256 bits per heavy atom. The molecule has 0 heterocycles. The molecule has 242 valence electrons. The molecule has 0 rings (SSSR count). The van der Waals surface area contributed by atoms with Crippen molar-refractivity contribution in [1.82, 2.24) is 0 Å². The molecule has 0 aromatic heterocycles. The topological polar surface area (TPSA) is 182 Å². The predicted molar refractivity (Wildman–Crippen MR) is 146 cm³/mol. The van der Waals surface area contributed by atoms with Gasteiger partial charge in [-0.2, -0.15) is 0 Å². The first-order valence-corrected chi connectivity index (χ1v) is 12.4. The molecule has 10 heteroatoms. The van der Waals surface area contributed by atoms with Gasteiger partial charge >= 0.3 is 25.8 Å². The van der Waals surface area contributed by atoms with Crippen molar-refractivity contribution in [3.63, 3.8) is 0 Å². The van der Waals surface area contributed by atoms with Crippen molar-refractivity contribution < 1.29 is 92.5 Å². The molecule has 0 aromatic rings. The summed E-state index contributed by atoms with van der Waals surface area (Å²) >= 11 is 0. The van der Waals surface area contributed by atoms with E-state index in [1.165, 1.54) is 0 Å². The summed E-state index contributed by atoms with van der Waals surface area (Å²) in [7, 11) is 1.00. The van der Waals surface area contributed by atoms with Gasteiger partial charge in [-0.15, -0.1) is 39.2 Å². The number of hydrogen-bond acceptors (Lipinski definition) is 8. The third-order valence-corrected chi connectivity index (χ3v) is 0. The zero-order chi connectivity index (χ0) is 33.5. The molecule has 8 nitrogen and oxygen atoms in total. The zero-order valence-corrected chi connectivity index (χ0v) is 37.0. The van der Waals surface area contributed by atoms with Crippen LogP contribution < -0.4 is 35.7 Å². The number of rotatable bonds is 0. The molecule has 0 aliphatic rings. The van der Waals surface area contributed by atoms with E-state index in [4.69, 9.17) is 5.11 Å². The Kier molecular flexibility index (Phi) is 53.7. The average molecular weight is 901 g/mol. The molecule has 0 bridgehead atoms. The molecule has 0 unspecified atom stereocenters. The van der Waals surface area contributed by atoms with Gasteiger partial charge in [0.1, 0.15) is 0 Å². The molecule has 0 amide bonds. The van der Waals surface area contributed by atoms with Crippen LogP contribution in [0.3, 0.4) is 0 Å². The van der Waals surface area contributed by atoms with E-state index in [2.05, 4.69) is 0 Å². The summed E-state index contributed by atoms with van der Waals surface area (Å²) in [5, 5.41) is 77.7. The van der Waals surface area contributed by atoms with Crippen LogP contribution in [0.1, 0.15) is 145 Å². The minimum Gasteiger partial charge on any atom is -0.850 e. The monoisotopic (exact) mass is 903 g/mol. The van der Waals surface area contributed by atoms with Crippen molar-refractivity contribution in [2.75, 3.05) is 7.11 Å². The molecule has 0 aliphatic heterocycles. The van der Waals surface area contributed by atoms with E-state index in [1.807, 2.05) is 0 Å². The van der Waals surface area contributed by atoms with Gasteiger partial charge in [0.05, 0.1) is 0 Å². The molecule has 39 heavy (non-hydrogen) atoms. The Morgan fingerprint density at radius 3 is 0.256 bits per heavy atom. The molecule has 0 atom stereocenters. The molecule has 1 N–H and O–H groups in total. The van der Waals surface area contributed by atoms with Crippen molar-refractivity contribution in [1.29, 1.82) is 0 Å². The summed E-state index contributed by atoms with van der Waals surface area (Å²) in [5.74, 6) is 0. The average Bonchev–Trinajstić information content (AvgIpc) is 2.24. The van der Waals surface area contributed by atoms with E-state index in [9.17, 15) is 35.7 Å². The van der Waals surface area contributed by atoms with Gasteiger partial charge in [0.15, 0.2) is 0 Å². The number of hydrogen-bond donors (Lipinski definition) is 1.